The van der Waals surface area contributed by atoms with Crippen molar-refractivity contribution < 1.29 is 31.1 Å². The van der Waals surface area contributed by atoms with E-state index in [0.29, 0.717) is 12.3 Å². The van der Waals surface area contributed by atoms with Crippen LogP contribution in [0.4, 0.5) is 26.3 Å². The molecule has 0 aliphatic heterocycles. The van der Waals surface area contributed by atoms with E-state index < -0.39 is 23.5 Å². The van der Waals surface area contributed by atoms with Gasteiger partial charge in [-0.3, -0.25) is 9.78 Å². The summed E-state index contributed by atoms with van der Waals surface area (Å²) in [5, 5.41) is 0. The molecule has 0 N–H and O–H groups in total. The fraction of sp³-hybridized carbons (Fsp3) is 0.143. The number of benzene rings is 1. The van der Waals surface area contributed by atoms with E-state index in [-0.39, 0.29) is 23.1 Å². The Kier molecular flexibility index (Phi) is 3.95. The van der Waals surface area contributed by atoms with Crippen LogP contribution in [0.5, 0.6) is 0 Å². The van der Waals surface area contributed by atoms with Gasteiger partial charge in [-0.15, -0.1) is 0 Å². The van der Waals surface area contributed by atoms with E-state index in [4.69, 9.17) is 0 Å². The van der Waals surface area contributed by atoms with E-state index in [1.165, 1.54) is 0 Å². The summed E-state index contributed by atoms with van der Waals surface area (Å²) < 4.78 is 75.0. The van der Waals surface area contributed by atoms with Gasteiger partial charge in [0, 0.05) is 17.3 Å². The van der Waals surface area contributed by atoms with Gasteiger partial charge in [0.25, 0.3) is 0 Å². The molecule has 0 aliphatic carbocycles. The molecule has 1 heterocycles. The van der Waals surface area contributed by atoms with E-state index in [2.05, 4.69) is 4.98 Å². The summed E-state index contributed by atoms with van der Waals surface area (Å²) in [6.07, 6.45) is -8.49. The number of aldehydes is 1. The van der Waals surface area contributed by atoms with Gasteiger partial charge in [-0.05, 0) is 18.2 Å². The number of hydrogen-bond acceptors (Lipinski definition) is 2. The van der Waals surface area contributed by atoms with Crippen molar-refractivity contribution in [3.05, 3.63) is 53.2 Å². The lowest BCUT2D eigenvalue weighted by molar-refractivity contribution is -0.138. The molecule has 0 spiro atoms. The summed E-state index contributed by atoms with van der Waals surface area (Å²) in [5.74, 6) is 0. The predicted octanol–water partition coefficient (Wildman–Crippen LogP) is 4.60. The van der Waals surface area contributed by atoms with Crippen molar-refractivity contribution in [1.82, 2.24) is 4.98 Å². The van der Waals surface area contributed by atoms with Crippen LogP contribution < -0.4 is 0 Å². The number of rotatable bonds is 2. The van der Waals surface area contributed by atoms with Crippen LogP contribution in [0, 0.1) is 0 Å². The normalized spacial score (nSPS) is 12.3. The van der Waals surface area contributed by atoms with Crippen LogP contribution in [0.25, 0.3) is 11.3 Å². The maximum atomic E-state index is 12.5. The van der Waals surface area contributed by atoms with Gasteiger partial charge in [-0.1, -0.05) is 12.1 Å². The fourth-order valence-electron chi connectivity index (χ4n) is 1.78. The maximum absolute atomic E-state index is 12.5. The van der Waals surface area contributed by atoms with Crippen molar-refractivity contribution >= 4 is 6.29 Å². The molecule has 0 atom stereocenters. The molecule has 2 aromatic rings. The minimum absolute atomic E-state index is 0.114. The molecule has 2 rings (SSSR count). The monoisotopic (exact) mass is 319 g/mol. The maximum Gasteiger partial charge on any atom is 0.417 e. The van der Waals surface area contributed by atoms with E-state index in [1.54, 1.807) is 0 Å². The first-order chi connectivity index (χ1) is 10.1. The minimum atomic E-state index is -4.66. The summed E-state index contributed by atoms with van der Waals surface area (Å²) in [4.78, 5) is 14.5. The van der Waals surface area contributed by atoms with Crippen molar-refractivity contribution in [3.8, 4) is 11.3 Å². The first kappa shape index (κ1) is 16.0. The van der Waals surface area contributed by atoms with Crippen LogP contribution in [0.3, 0.4) is 0 Å². The van der Waals surface area contributed by atoms with Crippen LogP contribution in [-0.4, -0.2) is 11.3 Å². The summed E-state index contributed by atoms with van der Waals surface area (Å²) in [6, 6.07) is 4.23. The molecule has 8 heteroatoms. The smallest absolute Gasteiger partial charge is 0.298 e. The quantitative estimate of drug-likeness (QED) is 0.598. The number of halogens is 6. The summed E-state index contributed by atoms with van der Waals surface area (Å²) in [6.45, 7) is 0. The number of pyridine rings is 1. The SMILES string of the molecule is O=Cc1cc(C(F)(F)F)cnc1-c1ccc(C(F)(F)F)cc1. The lowest BCUT2D eigenvalue weighted by atomic mass is 10.0. The Labute approximate surface area is 120 Å². The Hall–Kier alpha value is -2.38. The molecule has 0 aliphatic rings. The van der Waals surface area contributed by atoms with Crippen LogP contribution in [0.15, 0.2) is 36.5 Å². The molecular weight excluding hydrogens is 312 g/mol. The van der Waals surface area contributed by atoms with Crippen molar-refractivity contribution in [2.24, 2.45) is 0 Å². The molecule has 0 bridgehead atoms. The van der Waals surface area contributed by atoms with Gasteiger partial charge < -0.3 is 0 Å². The average Bonchev–Trinajstić information content (AvgIpc) is 2.45. The molecule has 1 aromatic carbocycles. The average molecular weight is 319 g/mol. The van der Waals surface area contributed by atoms with Crippen molar-refractivity contribution in [2.75, 3.05) is 0 Å². The highest BCUT2D eigenvalue weighted by Crippen LogP contribution is 2.33. The predicted molar refractivity (Wildman–Crippen MR) is 65.1 cm³/mol. The highest BCUT2D eigenvalue weighted by atomic mass is 19.4. The van der Waals surface area contributed by atoms with Gasteiger partial charge in [0.15, 0.2) is 6.29 Å². The molecule has 0 saturated carbocycles. The molecule has 1 aromatic heterocycles. The van der Waals surface area contributed by atoms with Gasteiger partial charge >= 0.3 is 12.4 Å². The van der Waals surface area contributed by atoms with Crippen molar-refractivity contribution in [3.63, 3.8) is 0 Å². The number of carbonyl (C=O) groups excluding carboxylic acids is 1. The molecular formula is C14H7F6NO. The molecule has 2 nitrogen and oxygen atoms in total. The van der Waals surface area contributed by atoms with Crippen LogP contribution in [0.1, 0.15) is 21.5 Å². The van der Waals surface area contributed by atoms with E-state index in [1.807, 2.05) is 0 Å². The second-order valence-corrected chi connectivity index (χ2v) is 4.35. The van der Waals surface area contributed by atoms with Gasteiger partial charge in [-0.25, -0.2) is 0 Å². The third-order valence-corrected chi connectivity index (χ3v) is 2.86. The van der Waals surface area contributed by atoms with Gasteiger partial charge in [0.2, 0.25) is 0 Å². The molecule has 22 heavy (non-hydrogen) atoms. The molecule has 0 fully saturated rings. The highest BCUT2D eigenvalue weighted by Gasteiger charge is 2.32. The number of nitrogens with zero attached hydrogens (tertiary/aromatic N) is 1. The zero-order valence-electron chi connectivity index (χ0n) is 10.7. The summed E-state index contributed by atoms with van der Waals surface area (Å²) in [5.41, 5.74) is -2.36. The number of carbonyl (C=O) groups is 1. The Balaban J connectivity index is 2.47. The summed E-state index contributed by atoms with van der Waals surface area (Å²) in [7, 11) is 0. The van der Waals surface area contributed by atoms with Gasteiger partial charge in [0.1, 0.15) is 0 Å². The third-order valence-electron chi connectivity index (χ3n) is 2.86. The molecule has 0 saturated heterocycles. The minimum Gasteiger partial charge on any atom is -0.298 e. The largest absolute Gasteiger partial charge is 0.417 e. The molecule has 116 valence electrons. The lowest BCUT2D eigenvalue weighted by Crippen LogP contribution is -2.07. The molecule has 0 radical (unpaired) electrons. The van der Waals surface area contributed by atoms with E-state index >= 15 is 0 Å². The standard InChI is InChI=1S/C14H7F6NO/c15-13(16,17)10-3-1-8(2-4-10)12-9(7-22)5-11(6-21-12)14(18,19)20/h1-7H. The Bertz CT molecular complexity index is 688. The first-order valence-electron chi connectivity index (χ1n) is 5.83. The Morgan fingerprint density at radius 3 is 1.86 bits per heavy atom. The van der Waals surface area contributed by atoms with Crippen LogP contribution >= 0.6 is 0 Å². The second-order valence-electron chi connectivity index (χ2n) is 4.35. The lowest BCUT2D eigenvalue weighted by Gasteiger charge is -2.11. The van der Waals surface area contributed by atoms with Crippen LogP contribution in [0.2, 0.25) is 0 Å². The zero-order chi connectivity index (χ0) is 16.5. The first-order valence-corrected chi connectivity index (χ1v) is 5.83. The van der Waals surface area contributed by atoms with E-state index in [0.717, 1.165) is 24.3 Å². The number of aromatic nitrogens is 1. The highest BCUT2D eigenvalue weighted by molar-refractivity contribution is 5.85. The molecule has 0 amide bonds. The van der Waals surface area contributed by atoms with Crippen molar-refractivity contribution in [2.45, 2.75) is 12.4 Å². The topological polar surface area (TPSA) is 30.0 Å². The summed E-state index contributed by atoms with van der Waals surface area (Å²) >= 11 is 0. The third kappa shape index (κ3) is 3.26. The second kappa shape index (κ2) is 5.43. The number of hydrogen-bond donors (Lipinski definition) is 0. The van der Waals surface area contributed by atoms with E-state index in [9.17, 15) is 31.1 Å². The zero-order valence-corrected chi connectivity index (χ0v) is 10.7. The van der Waals surface area contributed by atoms with Gasteiger partial charge in [-0.2, -0.15) is 26.3 Å². The molecule has 0 unspecified atom stereocenters. The van der Waals surface area contributed by atoms with Crippen LogP contribution in [-0.2, 0) is 12.4 Å². The Morgan fingerprint density at radius 1 is 0.864 bits per heavy atom. The van der Waals surface area contributed by atoms with Gasteiger partial charge in [0.05, 0.1) is 16.8 Å². The Morgan fingerprint density at radius 2 is 1.41 bits per heavy atom. The van der Waals surface area contributed by atoms with Crippen molar-refractivity contribution in [1.29, 1.82) is 0 Å². The fourth-order valence-corrected chi connectivity index (χ4v) is 1.78. The number of alkyl halides is 6.